The van der Waals surface area contributed by atoms with Crippen LogP contribution in [-0.2, 0) is 14.3 Å². The molecule has 0 radical (unpaired) electrons. The third-order valence-electron chi connectivity index (χ3n) is 4.27. The molecule has 1 aromatic heterocycles. The SMILES string of the molecule is CCOC(=O)c1sc(NC(=O)COc2cc(C)c(Cl)c(C)c2Br)c(C(=O)OCC)c1C. The van der Waals surface area contributed by atoms with E-state index in [2.05, 4.69) is 21.2 Å². The molecule has 1 N–H and O–H groups in total. The minimum atomic E-state index is -0.630. The highest BCUT2D eigenvalue weighted by molar-refractivity contribution is 9.10. The molecule has 168 valence electrons. The first-order chi connectivity index (χ1) is 14.6. The van der Waals surface area contributed by atoms with Crippen LogP contribution in [0, 0.1) is 20.8 Å². The highest BCUT2D eigenvalue weighted by Crippen LogP contribution is 2.36. The van der Waals surface area contributed by atoms with Crippen molar-refractivity contribution in [2.24, 2.45) is 0 Å². The van der Waals surface area contributed by atoms with Gasteiger partial charge in [0, 0.05) is 5.02 Å². The van der Waals surface area contributed by atoms with Crippen LogP contribution in [0.15, 0.2) is 10.5 Å². The Hall–Kier alpha value is -2.10. The number of hydrogen-bond acceptors (Lipinski definition) is 7. The van der Waals surface area contributed by atoms with Crippen LogP contribution in [0.25, 0.3) is 0 Å². The van der Waals surface area contributed by atoms with E-state index < -0.39 is 17.8 Å². The number of anilines is 1. The summed E-state index contributed by atoms with van der Waals surface area (Å²) in [6, 6.07) is 1.73. The maximum absolute atomic E-state index is 12.5. The molecule has 7 nitrogen and oxygen atoms in total. The Kier molecular flexibility index (Phi) is 8.90. The first-order valence-corrected chi connectivity index (χ1v) is 11.5. The van der Waals surface area contributed by atoms with Gasteiger partial charge in [-0.25, -0.2) is 9.59 Å². The van der Waals surface area contributed by atoms with Gasteiger partial charge < -0.3 is 19.5 Å². The summed E-state index contributed by atoms with van der Waals surface area (Å²) >= 11 is 10.6. The molecule has 0 atom stereocenters. The molecule has 31 heavy (non-hydrogen) atoms. The number of aryl methyl sites for hydroxylation is 1. The van der Waals surface area contributed by atoms with Gasteiger partial charge in [0.1, 0.15) is 15.6 Å². The molecule has 1 heterocycles. The van der Waals surface area contributed by atoms with Gasteiger partial charge in [-0.05, 0) is 73.3 Å². The minimum absolute atomic E-state index is 0.127. The zero-order valence-corrected chi connectivity index (χ0v) is 21.0. The summed E-state index contributed by atoms with van der Waals surface area (Å²) in [5.41, 5.74) is 2.14. The topological polar surface area (TPSA) is 90.9 Å². The summed E-state index contributed by atoms with van der Waals surface area (Å²) in [7, 11) is 0. The Morgan fingerprint density at radius 1 is 1.06 bits per heavy atom. The van der Waals surface area contributed by atoms with Crippen LogP contribution < -0.4 is 10.1 Å². The summed E-state index contributed by atoms with van der Waals surface area (Å²) in [6.07, 6.45) is 0. The Morgan fingerprint density at radius 2 is 1.68 bits per heavy atom. The second-order valence-electron chi connectivity index (χ2n) is 6.48. The molecule has 2 rings (SSSR count). The number of rotatable bonds is 8. The van der Waals surface area contributed by atoms with Gasteiger partial charge in [0.2, 0.25) is 0 Å². The van der Waals surface area contributed by atoms with Crippen molar-refractivity contribution in [2.75, 3.05) is 25.1 Å². The van der Waals surface area contributed by atoms with E-state index in [1.165, 1.54) is 0 Å². The van der Waals surface area contributed by atoms with Crippen molar-refractivity contribution >= 4 is 61.7 Å². The molecule has 1 amide bonds. The second kappa shape index (κ2) is 11.0. The smallest absolute Gasteiger partial charge is 0.348 e. The van der Waals surface area contributed by atoms with Crippen LogP contribution in [0.2, 0.25) is 5.02 Å². The van der Waals surface area contributed by atoms with Gasteiger partial charge in [0.15, 0.2) is 6.61 Å². The number of ether oxygens (including phenoxy) is 3. The molecular formula is C21H23BrClNO6S. The Morgan fingerprint density at radius 3 is 2.29 bits per heavy atom. The number of esters is 2. The summed E-state index contributed by atoms with van der Waals surface area (Å²) in [6.45, 7) is 8.68. The van der Waals surface area contributed by atoms with Gasteiger partial charge in [0.05, 0.1) is 23.2 Å². The van der Waals surface area contributed by atoms with Gasteiger partial charge in [-0.3, -0.25) is 4.79 Å². The normalized spacial score (nSPS) is 10.5. The van der Waals surface area contributed by atoms with Gasteiger partial charge >= 0.3 is 11.9 Å². The van der Waals surface area contributed by atoms with Crippen LogP contribution in [0.3, 0.4) is 0 Å². The molecule has 0 fully saturated rings. The Labute approximate surface area is 198 Å². The molecule has 2 aromatic rings. The quantitative estimate of drug-likeness (QED) is 0.454. The molecular weight excluding hydrogens is 510 g/mol. The zero-order valence-electron chi connectivity index (χ0n) is 17.8. The zero-order chi connectivity index (χ0) is 23.3. The van der Waals surface area contributed by atoms with E-state index in [0.717, 1.165) is 22.5 Å². The van der Waals surface area contributed by atoms with E-state index in [9.17, 15) is 14.4 Å². The lowest BCUT2D eigenvalue weighted by Gasteiger charge is -2.13. The van der Waals surface area contributed by atoms with Crippen molar-refractivity contribution in [1.29, 1.82) is 0 Å². The van der Waals surface area contributed by atoms with Crippen molar-refractivity contribution in [3.8, 4) is 5.75 Å². The average Bonchev–Trinajstić information content (AvgIpc) is 3.04. The highest BCUT2D eigenvalue weighted by atomic mass is 79.9. The van der Waals surface area contributed by atoms with Crippen LogP contribution in [0.4, 0.5) is 5.00 Å². The summed E-state index contributed by atoms with van der Waals surface area (Å²) < 4.78 is 16.4. The van der Waals surface area contributed by atoms with Gasteiger partial charge in [-0.1, -0.05) is 11.6 Å². The summed E-state index contributed by atoms with van der Waals surface area (Å²) in [4.78, 5) is 37.4. The number of nitrogens with one attached hydrogen (secondary N) is 1. The van der Waals surface area contributed by atoms with Crippen LogP contribution in [0.5, 0.6) is 5.75 Å². The first-order valence-electron chi connectivity index (χ1n) is 9.47. The Bertz CT molecular complexity index is 1020. The third-order valence-corrected chi connectivity index (χ3v) is 7.02. The summed E-state index contributed by atoms with van der Waals surface area (Å²) in [5.74, 6) is -1.23. The number of carbonyl (C=O) groups excluding carboxylic acids is 3. The van der Waals surface area contributed by atoms with Crippen molar-refractivity contribution in [3.05, 3.63) is 42.7 Å². The fourth-order valence-corrected chi connectivity index (χ4v) is 4.55. The number of thiophene rings is 1. The van der Waals surface area contributed by atoms with Crippen LogP contribution >= 0.6 is 38.9 Å². The van der Waals surface area contributed by atoms with E-state index in [-0.39, 0.29) is 35.3 Å². The van der Waals surface area contributed by atoms with Crippen molar-refractivity contribution < 1.29 is 28.6 Å². The molecule has 0 saturated heterocycles. The largest absolute Gasteiger partial charge is 0.483 e. The van der Waals surface area contributed by atoms with Crippen molar-refractivity contribution in [2.45, 2.75) is 34.6 Å². The first kappa shape index (κ1) is 25.2. The van der Waals surface area contributed by atoms with Crippen LogP contribution in [-0.4, -0.2) is 37.7 Å². The average molecular weight is 533 g/mol. The number of benzene rings is 1. The fraction of sp³-hybridized carbons (Fsp3) is 0.381. The molecule has 10 heteroatoms. The Balaban J connectivity index is 2.25. The fourth-order valence-electron chi connectivity index (χ4n) is 2.75. The molecule has 0 spiro atoms. The number of hydrogen-bond donors (Lipinski definition) is 1. The molecule has 1 aromatic carbocycles. The number of carbonyl (C=O) groups is 3. The molecule has 0 saturated carbocycles. The monoisotopic (exact) mass is 531 g/mol. The standard InChI is InChI=1S/C21H23BrClNO6S/c1-6-28-20(26)15-11(4)18(21(27)29-7-2)31-19(15)24-14(25)9-30-13-8-10(3)17(23)12(5)16(13)22/h8H,6-7,9H2,1-5H3,(H,24,25). The van der Waals surface area contributed by atoms with Gasteiger partial charge in [-0.15, -0.1) is 11.3 Å². The van der Waals surface area contributed by atoms with Gasteiger partial charge in [-0.2, -0.15) is 0 Å². The highest BCUT2D eigenvalue weighted by Gasteiger charge is 2.27. The predicted octanol–water partition coefficient (Wildman–Crippen LogP) is 5.46. The maximum atomic E-state index is 12.5. The van der Waals surface area contributed by atoms with E-state index in [4.69, 9.17) is 25.8 Å². The van der Waals surface area contributed by atoms with E-state index in [1.807, 2.05) is 13.8 Å². The van der Waals surface area contributed by atoms with Crippen LogP contribution in [0.1, 0.15) is 50.6 Å². The molecule has 0 unspecified atom stereocenters. The predicted molar refractivity (Wildman–Crippen MR) is 124 cm³/mol. The molecule has 0 aliphatic carbocycles. The lowest BCUT2D eigenvalue weighted by Crippen LogP contribution is -2.21. The molecule has 0 aliphatic heterocycles. The number of halogens is 2. The van der Waals surface area contributed by atoms with E-state index in [0.29, 0.717) is 20.8 Å². The van der Waals surface area contributed by atoms with Crippen molar-refractivity contribution in [3.63, 3.8) is 0 Å². The van der Waals surface area contributed by atoms with Gasteiger partial charge in [0.25, 0.3) is 5.91 Å². The van der Waals surface area contributed by atoms with Crippen molar-refractivity contribution in [1.82, 2.24) is 0 Å². The number of amides is 1. The van der Waals surface area contributed by atoms with E-state index in [1.54, 1.807) is 26.8 Å². The van der Waals surface area contributed by atoms with E-state index >= 15 is 0 Å². The lowest BCUT2D eigenvalue weighted by molar-refractivity contribution is -0.118. The summed E-state index contributed by atoms with van der Waals surface area (Å²) in [5, 5.41) is 3.46. The molecule has 0 aliphatic rings. The minimum Gasteiger partial charge on any atom is -0.483 e. The maximum Gasteiger partial charge on any atom is 0.348 e. The lowest BCUT2D eigenvalue weighted by atomic mass is 10.1. The second-order valence-corrected chi connectivity index (χ2v) is 8.67. The molecule has 0 bridgehead atoms. The third kappa shape index (κ3) is 5.78.